The first kappa shape index (κ1) is 26.0. The van der Waals surface area contributed by atoms with Gasteiger partial charge in [0.15, 0.2) is 0 Å². The molecule has 29 heavy (non-hydrogen) atoms. The maximum absolute atomic E-state index is 14.3. The van der Waals surface area contributed by atoms with Gasteiger partial charge >= 0.3 is 0 Å². The molecule has 1 aromatic carbocycles. The maximum atomic E-state index is 14.3. The molecule has 4 heteroatoms. The van der Waals surface area contributed by atoms with Crippen molar-refractivity contribution in [1.29, 1.82) is 0 Å². The van der Waals surface area contributed by atoms with Crippen molar-refractivity contribution in [2.24, 2.45) is 11.8 Å². The van der Waals surface area contributed by atoms with Crippen molar-refractivity contribution in [3.63, 3.8) is 0 Å². The van der Waals surface area contributed by atoms with Gasteiger partial charge in [0.1, 0.15) is 7.14 Å². The number of rotatable bonds is 14. The van der Waals surface area contributed by atoms with E-state index in [4.69, 9.17) is 0 Å². The third-order valence-corrected chi connectivity index (χ3v) is 9.13. The van der Waals surface area contributed by atoms with Gasteiger partial charge in [-0.3, -0.25) is 4.79 Å². The van der Waals surface area contributed by atoms with Gasteiger partial charge in [-0.2, -0.15) is 0 Å². The monoisotopic (exact) mass is 421 g/mol. The Morgan fingerprint density at radius 2 is 1.38 bits per heavy atom. The molecule has 0 heterocycles. The van der Waals surface area contributed by atoms with Crippen LogP contribution in [-0.2, 0) is 9.36 Å². The number of amides is 1. The molecule has 1 aromatic rings. The van der Waals surface area contributed by atoms with Crippen LogP contribution in [0.15, 0.2) is 30.3 Å². The van der Waals surface area contributed by atoms with Crippen molar-refractivity contribution in [3.05, 3.63) is 30.3 Å². The molecule has 1 rings (SSSR count). The van der Waals surface area contributed by atoms with Crippen molar-refractivity contribution >= 4 is 18.4 Å². The van der Waals surface area contributed by atoms with Gasteiger partial charge in [0.2, 0.25) is 5.91 Å². The molecular formula is C25H44NO2P. The van der Waals surface area contributed by atoms with Crippen molar-refractivity contribution in [2.45, 2.75) is 85.7 Å². The largest absolute Gasteiger partial charge is 0.342 e. The Balaban J connectivity index is 3.01. The molecule has 0 saturated heterocycles. The molecule has 0 fully saturated rings. The highest BCUT2D eigenvalue weighted by molar-refractivity contribution is 7.73. The van der Waals surface area contributed by atoms with Crippen LogP contribution < -0.4 is 5.30 Å². The van der Waals surface area contributed by atoms with Crippen molar-refractivity contribution < 1.29 is 9.36 Å². The zero-order valence-electron chi connectivity index (χ0n) is 19.7. The molecule has 0 bridgehead atoms. The van der Waals surface area contributed by atoms with Crippen LogP contribution in [0.5, 0.6) is 0 Å². The number of hydrogen-bond acceptors (Lipinski definition) is 2. The second kappa shape index (κ2) is 13.3. The summed E-state index contributed by atoms with van der Waals surface area (Å²) in [5.41, 5.74) is -0.460. The van der Waals surface area contributed by atoms with Gasteiger partial charge in [-0.1, -0.05) is 97.1 Å². The van der Waals surface area contributed by atoms with Crippen LogP contribution in [0.25, 0.3) is 0 Å². The van der Waals surface area contributed by atoms with E-state index in [2.05, 4.69) is 34.6 Å². The molecular weight excluding hydrogens is 377 g/mol. The quantitative estimate of drug-likeness (QED) is 0.252. The highest BCUT2D eigenvalue weighted by Gasteiger charge is 2.38. The molecule has 2 atom stereocenters. The van der Waals surface area contributed by atoms with E-state index in [0.29, 0.717) is 18.0 Å². The highest BCUT2D eigenvalue weighted by atomic mass is 31.2. The molecule has 0 aromatic heterocycles. The van der Waals surface area contributed by atoms with E-state index in [-0.39, 0.29) is 5.91 Å². The molecule has 2 unspecified atom stereocenters. The molecule has 0 saturated carbocycles. The summed E-state index contributed by atoms with van der Waals surface area (Å²) < 4.78 is 14.3. The number of nitrogens with zero attached hydrogens (tertiary/aromatic N) is 1. The molecule has 1 amide bonds. The van der Waals surface area contributed by atoms with E-state index in [1.165, 1.54) is 25.7 Å². The summed E-state index contributed by atoms with van der Waals surface area (Å²) in [5.74, 6) is 0.865. The van der Waals surface area contributed by atoms with Gasteiger partial charge in [0.25, 0.3) is 0 Å². The molecule has 0 spiro atoms. The van der Waals surface area contributed by atoms with E-state index in [0.717, 1.165) is 31.2 Å². The number of benzene rings is 1. The Hall–Kier alpha value is -1.08. The first-order chi connectivity index (χ1) is 13.7. The van der Waals surface area contributed by atoms with Crippen molar-refractivity contribution in [3.8, 4) is 0 Å². The molecule has 0 N–H and O–H groups in total. The minimum Gasteiger partial charge on any atom is -0.342 e. The Kier molecular flexibility index (Phi) is 11.9. The van der Waals surface area contributed by atoms with E-state index in [1.54, 1.807) is 0 Å². The average molecular weight is 422 g/mol. The van der Waals surface area contributed by atoms with Crippen molar-refractivity contribution in [2.75, 3.05) is 19.3 Å². The topological polar surface area (TPSA) is 37.4 Å². The van der Waals surface area contributed by atoms with Crippen LogP contribution in [0.4, 0.5) is 0 Å². The summed E-state index contributed by atoms with van der Waals surface area (Å²) in [7, 11) is -2.81. The number of carbonyl (C=O) groups is 1. The van der Waals surface area contributed by atoms with Crippen molar-refractivity contribution in [1.82, 2.24) is 4.90 Å². The SMILES string of the molecule is CCCCCCCCP(=O)(c1ccccc1)C(C)C(=O)N(CC(C)C)CC(C)C. The zero-order valence-corrected chi connectivity index (χ0v) is 20.6. The summed E-state index contributed by atoms with van der Waals surface area (Å²) in [4.78, 5) is 15.4. The van der Waals surface area contributed by atoms with Crippen LogP contribution >= 0.6 is 7.14 Å². The minimum atomic E-state index is -2.81. The summed E-state index contributed by atoms with van der Waals surface area (Å²) >= 11 is 0. The lowest BCUT2D eigenvalue weighted by Gasteiger charge is -2.32. The van der Waals surface area contributed by atoms with Gasteiger partial charge in [0, 0.05) is 24.6 Å². The fourth-order valence-electron chi connectivity index (χ4n) is 3.93. The average Bonchev–Trinajstić information content (AvgIpc) is 2.68. The third-order valence-electron chi connectivity index (χ3n) is 5.50. The Morgan fingerprint density at radius 1 is 0.862 bits per heavy atom. The predicted octanol–water partition coefficient (Wildman–Crippen LogP) is 6.56. The zero-order chi connectivity index (χ0) is 21.9. The first-order valence-electron chi connectivity index (χ1n) is 11.7. The van der Waals surface area contributed by atoms with Crippen LogP contribution in [0.3, 0.4) is 0 Å². The predicted molar refractivity (Wildman–Crippen MR) is 128 cm³/mol. The van der Waals surface area contributed by atoms with Crippen LogP contribution in [-0.4, -0.2) is 35.7 Å². The normalized spacial score (nSPS) is 14.8. The molecule has 0 aliphatic rings. The maximum Gasteiger partial charge on any atom is 0.233 e. The fraction of sp³-hybridized carbons (Fsp3) is 0.720. The van der Waals surface area contributed by atoms with E-state index in [1.807, 2.05) is 42.2 Å². The third kappa shape index (κ3) is 8.67. The minimum absolute atomic E-state index is 0.0607. The van der Waals surface area contributed by atoms with E-state index >= 15 is 0 Å². The lowest BCUT2D eigenvalue weighted by atomic mass is 10.1. The Morgan fingerprint density at radius 3 is 1.90 bits per heavy atom. The van der Waals surface area contributed by atoms with Crippen LogP contribution in [0.1, 0.15) is 80.1 Å². The molecule has 0 aliphatic carbocycles. The fourth-order valence-corrected chi connectivity index (χ4v) is 6.92. The summed E-state index contributed by atoms with van der Waals surface area (Å²) in [6.07, 6.45) is 7.60. The molecule has 166 valence electrons. The lowest BCUT2D eigenvalue weighted by molar-refractivity contribution is -0.131. The smallest absolute Gasteiger partial charge is 0.233 e. The Labute approximate surface area is 180 Å². The van der Waals surface area contributed by atoms with Gasteiger partial charge in [-0.25, -0.2) is 0 Å². The van der Waals surface area contributed by atoms with Crippen LogP contribution in [0, 0.1) is 11.8 Å². The summed E-state index contributed by atoms with van der Waals surface area (Å²) in [6.45, 7) is 14.1. The molecule has 0 radical (unpaired) electrons. The Bertz CT molecular complexity index is 617. The number of carbonyl (C=O) groups excluding carboxylic acids is 1. The van der Waals surface area contributed by atoms with E-state index in [9.17, 15) is 9.36 Å². The number of unbranched alkanes of at least 4 members (excludes halogenated alkanes) is 5. The summed E-state index contributed by atoms with van der Waals surface area (Å²) in [6, 6.07) is 9.75. The standard InChI is InChI=1S/C25H44NO2P/c1-7-8-9-10-11-15-18-29(28,24-16-13-12-14-17-24)23(6)25(27)26(19-21(2)3)20-22(4)5/h12-14,16-17,21-23H,7-11,15,18-20H2,1-6H3. The van der Waals surface area contributed by atoms with Gasteiger partial charge < -0.3 is 9.46 Å². The van der Waals surface area contributed by atoms with Gasteiger partial charge in [-0.15, -0.1) is 0 Å². The highest BCUT2D eigenvalue weighted by Crippen LogP contribution is 2.51. The van der Waals surface area contributed by atoms with Gasteiger partial charge in [0.05, 0.1) is 5.66 Å². The molecule has 0 aliphatic heterocycles. The van der Waals surface area contributed by atoms with E-state index < -0.39 is 12.8 Å². The molecule has 3 nitrogen and oxygen atoms in total. The van der Waals surface area contributed by atoms with Gasteiger partial charge in [-0.05, 0) is 25.2 Å². The second-order valence-electron chi connectivity index (χ2n) is 9.33. The first-order valence-corrected chi connectivity index (χ1v) is 13.6. The summed E-state index contributed by atoms with van der Waals surface area (Å²) in [5, 5.41) is 0.864. The second-order valence-corrected chi connectivity index (χ2v) is 12.7. The van der Waals surface area contributed by atoms with Crippen LogP contribution in [0.2, 0.25) is 0 Å². The lowest BCUT2D eigenvalue weighted by Crippen LogP contribution is -2.43. The number of hydrogen-bond donors (Lipinski definition) is 0.